The Morgan fingerprint density at radius 2 is 1.96 bits per heavy atom. The molecule has 0 spiro atoms. The first kappa shape index (κ1) is 16.2. The second-order valence-electron chi connectivity index (χ2n) is 5.41. The number of aromatic nitrogens is 2. The zero-order valence-electron chi connectivity index (χ0n) is 12.5. The first-order chi connectivity index (χ1) is 10.9. The molecule has 1 atom stereocenters. The van der Waals surface area contributed by atoms with Crippen molar-refractivity contribution in [2.75, 3.05) is 26.2 Å². The molecule has 1 amide bonds. The van der Waals surface area contributed by atoms with Crippen molar-refractivity contribution in [3.05, 3.63) is 18.2 Å². The van der Waals surface area contributed by atoms with Gasteiger partial charge >= 0.3 is 0 Å². The Kier molecular flexibility index (Phi) is 4.32. The Morgan fingerprint density at radius 1 is 1.26 bits per heavy atom. The summed E-state index contributed by atoms with van der Waals surface area (Å²) in [5, 5.41) is 0. The minimum absolute atomic E-state index is 0.181. The number of primary amides is 1. The molecule has 1 aliphatic rings. The quantitative estimate of drug-likeness (QED) is 0.818. The van der Waals surface area contributed by atoms with E-state index in [0.29, 0.717) is 37.2 Å². The number of carbonyl (C=O) groups is 1. The molecular formula is C13H17N5O3S2. The third kappa shape index (κ3) is 2.94. The van der Waals surface area contributed by atoms with E-state index < -0.39 is 22.0 Å². The summed E-state index contributed by atoms with van der Waals surface area (Å²) in [4.78, 5) is 13.3. The fourth-order valence-corrected chi connectivity index (χ4v) is 4.81. The number of amides is 1. The molecule has 1 unspecified atom stereocenters. The lowest BCUT2D eigenvalue weighted by Crippen LogP contribution is -2.54. The number of hydrogen-bond acceptors (Lipinski definition) is 7. The van der Waals surface area contributed by atoms with Gasteiger partial charge in [0.05, 0.1) is 17.8 Å². The van der Waals surface area contributed by atoms with E-state index in [0.717, 1.165) is 11.7 Å². The maximum Gasteiger partial charge on any atom is 0.245 e. The Hall–Kier alpha value is -1.62. The average molecular weight is 355 g/mol. The molecule has 124 valence electrons. The number of nitrogens with two attached hydrogens (primary N) is 1. The summed E-state index contributed by atoms with van der Waals surface area (Å²) in [7, 11) is -3.63. The van der Waals surface area contributed by atoms with Crippen molar-refractivity contribution in [3.63, 3.8) is 0 Å². The van der Waals surface area contributed by atoms with Crippen LogP contribution in [0.1, 0.15) is 6.92 Å². The highest BCUT2D eigenvalue weighted by molar-refractivity contribution is 7.89. The van der Waals surface area contributed by atoms with Gasteiger partial charge in [0, 0.05) is 26.2 Å². The first-order valence-electron chi connectivity index (χ1n) is 7.16. The van der Waals surface area contributed by atoms with Crippen LogP contribution in [0.5, 0.6) is 0 Å². The summed E-state index contributed by atoms with van der Waals surface area (Å²) < 4.78 is 35.3. The number of piperazine rings is 1. The molecule has 2 heterocycles. The van der Waals surface area contributed by atoms with Crippen LogP contribution in [0.25, 0.3) is 11.0 Å². The smallest absolute Gasteiger partial charge is 0.245 e. The Labute approximate surface area is 138 Å². The summed E-state index contributed by atoms with van der Waals surface area (Å²) >= 11 is 0.995. The Bertz CT molecular complexity index is 827. The van der Waals surface area contributed by atoms with Crippen LogP contribution in [-0.2, 0) is 14.8 Å². The molecule has 2 N–H and O–H groups in total. The summed E-state index contributed by atoms with van der Waals surface area (Å²) in [6, 6.07) is 4.56. The topological polar surface area (TPSA) is 109 Å². The molecule has 0 saturated carbocycles. The van der Waals surface area contributed by atoms with E-state index in [1.807, 2.05) is 4.90 Å². The van der Waals surface area contributed by atoms with Crippen molar-refractivity contribution < 1.29 is 13.2 Å². The molecule has 2 aromatic rings. The van der Waals surface area contributed by atoms with Gasteiger partial charge in [0.15, 0.2) is 0 Å². The van der Waals surface area contributed by atoms with Crippen LogP contribution in [0, 0.1) is 0 Å². The van der Waals surface area contributed by atoms with Gasteiger partial charge in [0.25, 0.3) is 0 Å². The molecule has 10 heteroatoms. The van der Waals surface area contributed by atoms with Crippen molar-refractivity contribution in [1.82, 2.24) is 18.0 Å². The van der Waals surface area contributed by atoms with Crippen LogP contribution in [0.2, 0.25) is 0 Å². The highest BCUT2D eigenvalue weighted by atomic mass is 32.2. The number of carbonyl (C=O) groups excluding carboxylic acids is 1. The zero-order chi connectivity index (χ0) is 16.6. The van der Waals surface area contributed by atoms with E-state index in [4.69, 9.17) is 5.73 Å². The van der Waals surface area contributed by atoms with Crippen LogP contribution in [0.4, 0.5) is 0 Å². The molecule has 0 radical (unpaired) electrons. The van der Waals surface area contributed by atoms with Crippen molar-refractivity contribution >= 4 is 38.7 Å². The van der Waals surface area contributed by atoms with Gasteiger partial charge in [0.2, 0.25) is 15.9 Å². The van der Waals surface area contributed by atoms with Crippen molar-refractivity contribution in [2.24, 2.45) is 5.73 Å². The van der Waals surface area contributed by atoms with Crippen molar-refractivity contribution in [1.29, 1.82) is 0 Å². The number of fused-ring (bicyclic) bond motifs is 1. The van der Waals surface area contributed by atoms with E-state index in [2.05, 4.69) is 8.75 Å². The van der Waals surface area contributed by atoms with Gasteiger partial charge in [-0.2, -0.15) is 13.1 Å². The van der Waals surface area contributed by atoms with Crippen LogP contribution in [-0.4, -0.2) is 64.5 Å². The second-order valence-corrected chi connectivity index (χ2v) is 7.84. The largest absolute Gasteiger partial charge is 0.368 e. The predicted octanol–water partition coefficient (Wildman–Crippen LogP) is -0.129. The molecule has 1 aromatic heterocycles. The maximum absolute atomic E-state index is 12.9. The molecule has 1 fully saturated rings. The number of hydrogen-bond donors (Lipinski definition) is 1. The number of nitrogens with zero attached hydrogens (tertiary/aromatic N) is 4. The summed E-state index contributed by atoms with van der Waals surface area (Å²) in [6.07, 6.45) is 0. The van der Waals surface area contributed by atoms with Crippen LogP contribution in [0.15, 0.2) is 23.1 Å². The summed E-state index contributed by atoms with van der Waals surface area (Å²) in [5.74, 6) is -0.403. The average Bonchev–Trinajstić information content (AvgIpc) is 3.02. The van der Waals surface area contributed by atoms with Gasteiger partial charge in [-0.05, 0) is 19.1 Å². The number of benzene rings is 1. The minimum atomic E-state index is -3.63. The number of sulfonamides is 1. The lowest BCUT2D eigenvalue weighted by atomic mass is 10.2. The van der Waals surface area contributed by atoms with Gasteiger partial charge in [0.1, 0.15) is 15.9 Å². The van der Waals surface area contributed by atoms with Gasteiger partial charge in [-0.25, -0.2) is 8.42 Å². The highest BCUT2D eigenvalue weighted by Gasteiger charge is 2.32. The SMILES string of the molecule is CC(C(N)=O)N1CCN(S(=O)(=O)c2cccc3nsnc23)CC1. The fourth-order valence-electron chi connectivity index (χ4n) is 2.64. The molecule has 23 heavy (non-hydrogen) atoms. The predicted molar refractivity (Wildman–Crippen MR) is 86.4 cm³/mol. The monoisotopic (exact) mass is 355 g/mol. The van der Waals surface area contributed by atoms with Crippen LogP contribution in [0.3, 0.4) is 0 Å². The van der Waals surface area contributed by atoms with Gasteiger partial charge in [-0.3, -0.25) is 9.69 Å². The van der Waals surface area contributed by atoms with Crippen molar-refractivity contribution in [2.45, 2.75) is 17.9 Å². The molecule has 0 bridgehead atoms. The van der Waals surface area contributed by atoms with Crippen molar-refractivity contribution in [3.8, 4) is 0 Å². The van der Waals surface area contributed by atoms with Gasteiger partial charge < -0.3 is 5.73 Å². The lowest BCUT2D eigenvalue weighted by molar-refractivity contribution is -0.123. The van der Waals surface area contributed by atoms with Crippen LogP contribution >= 0.6 is 11.7 Å². The van der Waals surface area contributed by atoms with E-state index >= 15 is 0 Å². The standard InChI is InChI=1S/C13H17N5O3S2/c1-9(13(14)19)17-5-7-18(8-6-17)23(20,21)11-4-2-3-10-12(11)16-22-15-10/h2-4,9H,5-8H2,1H3,(H2,14,19). The molecule has 3 rings (SSSR count). The fraction of sp³-hybridized carbons (Fsp3) is 0.462. The number of rotatable bonds is 4. The summed E-state index contributed by atoms with van der Waals surface area (Å²) in [5.41, 5.74) is 6.29. The third-order valence-corrected chi connectivity index (χ3v) is 6.57. The molecule has 1 saturated heterocycles. The zero-order valence-corrected chi connectivity index (χ0v) is 14.2. The molecule has 8 nitrogen and oxygen atoms in total. The molecule has 1 aliphatic heterocycles. The second kappa shape index (κ2) is 6.11. The lowest BCUT2D eigenvalue weighted by Gasteiger charge is -2.36. The van der Waals surface area contributed by atoms with E-state index in [1.54, 1.807) is 25.1 Å². The molecular weight excluding hydrogens is 338 g/mol. The van der Waals surface area contributed by atoms with E-state index in [9.17, 15) is 13.2 Å². The Balaban J connectivity index is 1.82. The van der Waals surface area contributed by atoms with Crippen LogP contribution < -0.4 is 5.73 Å². The third-order valence-electron chi connectivity index (χ3n) is 4.10. The Morgan fingerprint density at radius 3 is 2.61 bits per heavy atom. The molecule has 0 aliphatic carbocycles. The normalized spacial score (nSPS) is 19.0. The molecule has 1 aromatic carbocycles. The van der Waals surface area contributed by atoms with Gasteiger partial charge in [-0.15, -0.1) is 0 Å². The van der Waals surface area contributed by atoms with E-state index in [-0.39, 0.29) is 4.90 Å². The first-order valence-corrected chi connectivity index (χ1v) is 9.33. The summed E-state index contributed by atoms with van der Waals surface area (Å²) in [6.45, 7) is 3.29. The van der Waals surface area contributed by atoms with Gasteiger partial charge in [-0.1, -0.05) is 6.07 Å². The van der Waals surface area contributed by atoms with E-state index in [1.165, 1.54) is 4.31 Å². The minimum Gasteiger partial charge on any atom is -0.368 e. The highest BCUT2D eigenvalue weighted by Crippen LogP contribution is 2.25. The maximum atomic E-state index is 12.9.